The first-order valence-corrected chi connectivity index (χ1v) is 7.77. The maximum atomic E-state index is 8.75. The number of ether oxygens (including phenoxy) is 2. The van der Waals surface area contributed by atoms with Crippen molar-refractivity contribution in [1.82, 2.24) is 4.98 Å². The van der Waals surface area contributed by atoms with E-state index in [-0.39, 0.29) is 6.10 Å². The van der Waals surface area contributed by atoms with Gasteiger partial charge in [0.2, 0.25) is 0 Å². The van der Waals surface area contributed by atoms with Crippen LogP contribution in [0, 0.1) is 11.3 Å². The van der Waals surface area contributed by atoms with E-state index in [0.29, 0.717) is 18.7 Å². The smallest absolute Gasteiger partial charge is 0.126 e. The SMILES string of the molecule is N#Cc1ccc(NCc2ccc(OC[C@@H]3CCCO3)cc2)nc1. The van der Waals surface area contributed by atoms with Crippen LogP contribution < -0.4 is 10.1 Å². The summed E-state index contributed by atoms with van der Waals surface area (Å²) in [6.45, 7) is 2.14. The Labute approximate surface area is 135 Å². The van der Waals surface area contributed by atoms with Crippen LogP contribution in [0.15, 0.2) is 42.6 Å². The lowest BCUT2D eigenvalue weighted by molar-refractivity contribution is 0.0679. The van der Waals surface area contributed by atoms with Gasteiger partial charge in [0.1, 0.15) is 24.2 Å². The second-order valence-corrected chi connectivity index (χ2v) is 5.49. The fourth-order valence-electron chi connectivity index (χ4n) is 2.43. The number of rotatable bonds is 6. The Bertz CT molecular complexity index is 656. The Kier molecular flexibility index (Phi) is 5.07. The van der Waals surface area contributed by atoms with Crippen LogP contribution in [0.4, 0.5) is 5.82 Å². The molecule has 0 aliphatic carbocycles. The van der Waals surface area contributed by atoms with Crippen molar-refractivity contribution in [3.8, 4) is 11.8 Å². The summed E-state index contributed by atoms with van der Waals surface area (Å²) < 4.78 is 11.3. The minimum absolute atomic E-state index is 0.235. The summed E-state index contributed by atoms with van der Waals surface area (Å²) in [5.74, 6) is 1.61. The molecular weight excluding hydrogens is 290 g/mol. The third-order valence-electron chi connectivity index (χ3n) is 3.75. The molecule has 5 nitrogen and oxygen atoms in total. The van der Waals surface area contributed by atoms with Crippen LogP contribution in [-0.4, -0.2) is 24.3 Å². The Balaban J connectivity index is 1.47. The summed E-state index contributed by atoms with van der Waals surface area (Å²) in [5, 5.41) is 12.0. The largest absolute Gasteiger partial charge is 0.491 e. The normalized spacial score (nSPS) is 16.7. The Morgan fingerprint density at radius 1 is 1.26 bits per heavy atom. The van der Waals surface area contributed by atoms with Crippen LogP contribution in [0.1, 0.15) is 24.0 Å². The maximum absolute atomic E-state index is 8.75. The van der Waals surface area contributed by atoms with Gasteiger partial charge < -0.3 is 14.8 Å². The lowest BCUT2D eigenvalue weighted by Crippen LogP contribution is -2.16. The fraction of sp³-hybridized carbons (Fsp3) is 0.333. The van der Waals surface area contributed by atoms with E-state index in [2.05, 4.69) is 16.4 Å². The number of aromatic nitrogens is 1. The molecule has 0 radical (unpaired) electrons. The number of benzene rings is 1. The molecule has 1 saturated heterocycles. The number of nitriles is 1. The molecule has 2 heterocycles. The van der Waals surface area contributed by atoms with Crippen molar-refractivity contribution in [3.05, 3.63) is 53.7 Å². The summed E-state index contributed by atoms with van der Waals surface area (Å²) >= 11 is 0. The van der Waals surface area contributed by atoms with Crippen molar-refractivity contribution in [2.24, 2.45) is 0 Å². The van der Waals surface area contributed by atoms with Crippen molar-refractivity contribution in [2.75, 3.05) is 18.5 Å². The van der Waals surface area contributed by atoms with Crippen molar-refractivity contribution in [3.63, 3.8) is 0 Å². The fourth-order valence-corrected chi connectivity index (χ4v) is 2.43. The van der Waals surface area contributed by atoms with Crippen molar-refractivity contribution >= 4 is 5.82 Å². The van der Waals surface area contributed by atoms with Crippen LogP contribution in [0.3, 0.4) is 0 Å². The molecule has 0 bridgehead atoms. The van der Waals surface area contributed by atoms with Crippen molar-refractivity contribution < 1.29 is 9.47 Å². The van der Waals surface area contributed by atoms with Gasteiger partial charge in [-0.25, -0.2) is 4.98 Å². The summed E-state index contributed by atoms with van der Waals surface area (Å²) in [4.78, 5) is 4.18. The van der Waals surface area contributed by atoms with Crippen molar-refractivity contribution in [1.29, 1.82) is 5.26 Å². The van der Waals surface area contributed by atoms with E-state index < -0.39 is 0 Å². The molecule has 1 fully saturated rings. The third kappa shape index (κ3) is 4.44. The van der Waals surface area contributed by atoms with E-state index in [0.717, 1.165) is 36.6 Å². The van der Waals surface area contributed by atoms with E-state index in [4.69, 9.17) is 14.7 Å². The zero-order valence-electron chi connectivity index (χ0n) is 12.9. The van der Waals surface area contributed by atoms with Gasteiger partial charge in [-0.3, -0.25) is 0 Å². The first kappa shape index (κ1) is 15.3. The molecule has 1 aromatic heterocycles. The molecule has 3 rings (SSSR count). The zero-order valence-corrected chi connectivity index (χ0v) is 12.9. The number of nitrogens with one attached hydrogen (secondary N) is 1. The zero-order chi connectivity index (χ0) is 15.9. The summed E-state index contributed by atoms with van der Waals surface area (Å²) in [5.41, 5.74) is 1.70. The third-order valence-corrected chi connectivity index (χ3v) is 3.75. The van der Waals surface area contributed by atoms with Crippen LogP contribution in [-0.2, 0) is 11.3 Å². The average Bonchev–Trinajstić information content (AvgIpc) is 3.13. The molecule has 0 spiro atoms. The van der Waals surface area contributed by atoms with E-state index >= 15 is 0 Å². The number of hydrogen-bond acceptors (Lipinski definition) is 5. The predicted octanol–water partition coefficient (Wildman–Crippen LogP) is 3.12. The molecule has 1 aliphatic heterocycles. The van der Waals surface area contributed by atoms with Gasteiger partial charge in [-0.15, -0.1) is 0 Å². The van der Waals surface area contributed by atoms with Gasteiger partial charge in [0.15, 0.2) is 0 Å². The van der Waals surface area contributed by atoms with Gasteiger partial charge in [-0.1, -0.05) is 12.1 Å². The van der Waals surface area contributed by atoms with Gasteiger partial charge in [-0.2, -0.15) is 5.26 Å². The first-order chi connectivity index (χ1) is 11.3. The highest BCUT2D eigenvalue weighted by Gasteiger charge is 2.15. The average molecular weight is 309 g/mol. The van der Waals surface area contributed by atoms with Gasteiger partial charge in [-0.05, 0) is 42.7 Å². The predicted molar refractivity (Wildman–Crippen MR) is 87.2 cm³/mol. The Morgan fingerprint density at radius 3 is 2.78 bits per heavy atom. The quantitative estimate of drug-likeness (QED) is 0.888. The second kappa shape index (κ2) is 7.61. The molecule has 0 unspecified atom stereocenters. The first-order valence-electron chi connectivity index (χ1n) is 7.77. The van der Waals surface area contributed by atoms with Crippen LogP contribution in [0.25, 0.3) is 0 Å². The van der Waals surface area contributed by atoms with Gasteiger partial charge >= 0.3 is 0 Å². The highest BCUT2D eigenvalue weighted by Crippen LogP contribution is 2.17. The molecule has 118 valence electrons. The van der Waals surface area contributed by atoms with E-state index in [1.807, 2.05) is 24.3 Å². The molecule has 0 amide bonds. The summed E-state index contributed by atoms with van der Waals surface area (Å²) in [6, 6.07) is 13.6. The second-order valence-electron chi connectivity index (χ2n) is 5.49. The molecule has 23 heavy (non-hydrogen) atoms. The Hall–Kier alpha value is -2.58. The highest BCUT2D eigenvalue weighted by atomic mass is 16.5. The van der Waals surface area contributed by atoms with Gasteiger partial charge in [0.05, 0.1) is 11.7 Å². The van der Waals surface area contributed by atoms with Crippen LogP contribution >= 0.6 is 0 Å². The molecule has 1 atom stereocenters. The minimum Gasteiger partial charge on any atom is -0.491 e. The molecule has 1 aromatic carbocycles. The van der Waals surface area contributed by atoms with Crippen LogP contribution in [0.2, 0.25) is 0 Å². The minimum atomic E-state index is 0.235. The standard InChI is InChI=1S/C18H19N3O2/c19-10-15-5-8-18(21-12-15)20-11-14-3-6-16(7-4-14)23-13-17-2-1-9-22-17/h3-8,12,17H,1-2,9,11,13H2,(H,20,21)/t17-/m0/s1. The molecule has 1 aliphatic rings. The van der Waals surface area contributed by atoms with E-state index in [1.54, 1.807) is 18.3 Å². The van der Waals surface area contributed by atoms with Gasteiger partial charge in [0.25, 0.3) is 0 Å². The lowest BCUT2D eigenvalue weighted by Gasteiger charge is -2.12. The summed E-state index contributed by atoms with van der Waals surface area (Å²) in [7, 11) is 0. The molecule has 5 heteroatoms. The van der Waals surface area contributed by atoms with Gasteiger partial charge in [0, 0.05) is 19.3 Å². The maximum Gasteiger partial charge on any atom is 0.126 e. The highest BCUT2D eigenvalue weighted by molar-refractivity contribution is 5.40. The molecule has 1 N–H and O–H groups in total. The molecule has 0 saturated carbocycles. The number of anilines is 1. The number of pyridine rings is 1. The van der Waals surface area contributed by atoms with Crippen molar-refractivity contribution in [2.45, 2.75) is 25.5 Å². The topological polar surface area (TPSA) is 67.2 Å². The van der Waals surface area contributed by atoms with E-state index in [1.165, 1.54) is 0 Å². The summed E-state index contributed by atoms with van der Waals surface area (Å²) in [6.07, 6.45) is 4.00. The lowest BCUT2D eigenvalue weighted by atomic mass is 10.2. The monoisotopic (exact) mass is 309 g/mol. The molecular formula is C18H19N3O2. The number of nitrogens with zero attached hydrogens (tertiary/aromatic N) is 2. The number of hydrogen-bond donors (Lipinski definition) is 1. The molecule has 2 aromatic rings. The van der Waals surface area contributed by atoms with E-state index in [9.17, 15) is 0 Å². The Morgan fingerprint density at radius 2 is 2.13 bits per heavy atom. The van der Waals surface area contributed by atoms with Crippen LogP contribution in [0.5, 0.6) is 5.75 Å².